The summed E-state index contributed by atoms with van der Waals surface area (Å²) in [6.45, 7) is 0.179. The Balaban J connectivity index is 1.58. The van der Waals surface area contributed by atoms with Crippen molar-refractivity contribution in [3.8, 4) is 5.75 Å². The summed E-state index contributed by atoms with van der Waals surface area (Å²) in [6.07, 6.45) is 0.928. The molecule has 2 unspecified atom stereocenters. The Morgan fingerprint density at radius 2 is 1.71 bits per heavy atom. The molecule has 1 amide bonds. The van der Waals surface area contributed by atoms with Crippen LogP contribution in [0.15, 0.2) is 66.7 Å². The molecule has 0 aromatic heterocycles. The molecule has 164 valence electrons. The number of hydrogen-bond acceptors (Lipinski definition) is 4. The van der Waals surface area contributed by atoms with E-state index in [0.717, 1.165) is 21.9 Å². The molecule has 5 heteroatoms. The lowest BCUT2D eigenvalue weighted by Crippen LogP contribution is -2.22. The van der Waals surface area contributed by atoms with Gasteiger partial charge in [0.25, 0.3) is 0 Å². The molecule has 3 aromatic carbocycles. The Bertz CT molecular complexity index is 987. The van der Waals surface area contributed by atoms with Crippen molar-refractivity contribution in [3.05, 3.63) is 77.9 Å². The fourth-order valence-electron chi connectivity index (χ4n) is 3.48. The number of ether oxygens (including phenoxy) is 1. The second-order valence-corrected chi connectivity index (χ2v) is 8.12. The van der Waals surface area contributed by atoms with Gasteiger partial charge in [0, 0.05) is 26.9 Å². The molecule has 0 heterocycles. The number of benzene rings is 3. The average Bonchev–Trinajstić information content (AvgIpc) is 2.77. The number of hydrogen-bond donors (Lipinski definition) is 2. The molecule has 0 aliphatic heterocycles. The first-order valence-corrected chi connectivity index (χ1v) is 10.7. The molecular weight excluding hydrogens is 390 g/mol. The lowest BCUT2D eigenvalue weighted by molar-refractivity contribution is -0.128. The minimum atomic E-state index is -0.621. The van der Waals surface area contributed by atoms with E-state index >= 15 is 0 Å². The molecule has 0 saturated heterocycles. The Kier molecular flexibility index (Phi) is 8.04. The number of nitrogens with zero attached hydrogens (tertiary/aromatic N) is 1. The lowest BCUT2D eigenvalue weighted by Gasteiger charge is -2.15. The first-order valence-electron chi connectivity index (χ1n) is 10.7. The average molecular weight is 422 g/mol. The van der Waals surface area contributed by atoms with E-state index in [1.807, 2.05) is 66.7 Å². The van der Waals surface area contributed by atoms with Crippen molar-refractivity contribution >= 4 is 16.7 Å². The van der Waals surface area contributed by atoms with Crippen molar-refractivity contribution in [1.82, 2.24) is 4.90 Å². The van der Waals surface area contributed by atoms with Gasteiger partial charge in [0.05, 0.1) is 12.2 Å². The molecule has 0 aliphatic rings. The van der Waals surface area contributed by atoms with E-state index < -0.39 is 12.2 Å². The molecule has 0 aliphatic carbocycles. The zero-order valence-electron chi connectivity index (χ0n) is 18.2. The van der Waals surface area contributed by atoms with Crippen molar-refractivity contribution in [2.75, 3.05) is 20.7 Å². The highest BCUT2D eigenvalue weighted by Crippen LogP contribution is 2.26. The highest BCUT2D eigenvalue weighted by atomic mass is 16.5. The Labute approximate surface area is 183 Å². The topological polar surface area (TPSA) is 70.0 Å². The van der Waals surface area contributed by atoms with E-state index in [-0.39, 0.29) is 12.5 Å². The summed E-state index contributed by atoms with van der Waals surface area (Å²) in [7, 11) is 3.46. The van der Waals surface area contributed by atoms with Crippen molar-refractivity contribution in [2.24, 2.45) is 0 Å². The molecule has 2 N–H and O–H groups in total. The normalized spacial score (nSPS) is 13.0. The molecular formula is C26H31NO4. The number of rotatable bonds is 10. The molecule has 31 heavy (non-hydrogen) atoms. The van der Waals surface area contributed by atoms with Crippen LogP contribution >= 0.6 is 0 Å². The fourth-order valence-corrected chi connectivity index (χ4v) is 3.48. The third kappa shape index (κ3) is 6.81. The monoisotopic (exact) mass is 421 g/mol. The minimum absolute atomic E-state index is 0.0629. The van der Waals surface area contributed by atoms with Gasteiger partial charge in [-0.15, -0.1) is 0 Å². The summed E-state index contributed by atoms with van der Waals surface area (Å²) in [5.74, 6) is 0.735. The predicted molar refractivity (Wildman–Crippen MR) is 123 cm³/mol. The highest BCUT2D eigenvalue weighted by molar-refractivity contribution is 5.84. The van der Waals surface area contributed by atoms with E-state index in [4.69, 9.17) is 4.74 Å². The van der Waals surface area contributed by atoms with Gasteiger partial charge in [-0.05, 0) is 52.9 Å². The lowest BCUT2D eigenvalue weighted by atomic mass is 9.98. The first-order chi connectivity index (χ1) is 14.9. The zero-order chi connectivity index (χ0) is 22.2. The van der Waals surface area contributed by atoms with Crippen LogP contribution < -0.4 is 4.74 Å². The number of amides is 1. The summed E-state index contributed by atoms with van der Waals surface area (Å²) in [5, 5.41) is 22.8. The largest absolute Gasteiger partial charge is 0.491 e. The third-order valence-corrected chi connectivity index (χ3v) is 5.36. The van der Waals surface area contributed by atoms with Gasteiger partial charge in [-0.1, -0.05) is 48.5 Å². The Hall–Kier alpha value is -2.89. The van der Waals surface area contributed by atoms with Crippen molar-refractivity contribution in [1.29, 1.82) is 0 Å². The molecule has 5 nitrogen and oxygen atoms in total. The second-order valence-electron chi connectivity index (χ2n) is 8.12. The Morgan fingerprint density at radius 3 is 2.45 bits per heavy atom. The number of fused-ring (bicyclic) bond motifs is 1. The third-order valence-electron chi connectivity index (χ3n) is 5.36. The molecule has 0 radical (unpaired) electrons. The summed E-state index contributed by atoms with van der Waals surface area (Å²) in [6, 6.07) is 21.7. The van der Waals surface area contributed by atoms with E-state index in [9.17, 15) is 15.0 Å². The Morgan fingerprint density at radius 1 is 0.968 bits per heavy atom. The summed E-state index contributed by atoms with van der Waals surface area (Å²) in [5.41, 5.74) is 1.95. The molecule has 0 spiro atoms. The fraction of sp³-hybridized carbons (Fsp3) is 0.346. The van der Waals surface area contributed by atoms with Crippen LogP contribution in [0, 0.1) is 0 Å². The number of aliphatic hydroxyl groups excluding tert-OH is 2. The standard InChI is InChI=1S/C26H31NO4/c1-27(2)26(30)10-6-9-23(28)18-31-24-14-13-20-11-12-21(16-22(20)17-24)25(29)15-19-7-4-3-5-8-19/h3-5,7-8,11-14,16-17,23,25,28-29H,6,9-10,15,18H2,1-2H3. The summed E-state index contributed by atoms with van der Waals surface area (Å²) in [4.78, 5) is 13.2. The van der Waals surface area contributed by atoms with Crippen LogP contribution in [-0.2, 0) is 11.2 Å². The van der Waals surface area contributed by atoms with Gasteiger partial charge in [0.15, 0.2) is 0 Å². The van der Waals surface area contributed by atoms with Crippen molar-refractivity contribution in [2.45, 2.75) is 37.9 Å². The van der Waals surface area contributed by atoms with Crippen LogP contribution in [0.3, 0.4) is 0 Å². The van der Waals surface area contributed by atoms with Crippen LogP contribution in [0.2, 0.25) is 0 Å². The SMILES string of the molecule is CN(C)C(=O)CCCC(O)COc1ccc2ccc(C(O)Cc3ccccc3)cc2c1. The number of aliphatic hydroxyl groups is 2. The maximum Gasteiger partial charge on any atom is 0.222 e. The van der Waals surface area contributed by atoms with E-state index in [0.29, 0.717) is 31.4 Å². The molecule has 0 fully saturated rings. The van der Waals surface area contributed by atoms with Gasteiger partial charge in [0.2, 0.25) is 5.91 Å². The molecule has 2 atom stereocenters. The van der Waals surface area contributed by atoms with Crippen LogP contribution in [0.1, 0.15) is 36.5 Å². The summed E-state index contributed by atoms with van der Waals surface area (Å²) >= 11 is 0. The smallest absolute Gasteiger partial charge is 0.222 e. The van der Waals surface area contributed by atoms with Gasteiger partial charge >= 0.3 is 0 Å². The predicted octanol–water partition coefficient (Wildman–Crippen LogP) is 4.11. The quantitative estimate of drug-likeness (QED) is 0.517. The summed E-state index contributed by atoms with van der Waals surface area (Å²) < 4.78 is 5.77. The highest BCUT2D eigenvalue weighted by Gasteiger charge is 2.11. The van der Waals surface area contributed by atoms with Crippen LogP contribution in [-0.4, -0.2) is 47.8 Å². The molecule has 3 rings (SSSR count). The number of carbonyl (C=O) groups excluding carboxylic acids is 1. The molecule has 0 saturated carbocycles. The van der Waals surface area contributed by atoms with Crippen molar-refractivity contribution < 1.29 is 19.7 Å². The maximum atomic E-state index is 11.6. The zero-order valence-corrected chi connectivity index (χ0v) is 18.2. The van der Waals surface area contributed by atoms with Gasteiger partial charge in [0.1, 0.15) is 12.4 Å². The van der Waals surface area contributed by atoms with Gasteiger partial charge < -0.3 is 19.8 Å². The first kappa shape index (κ1) is 22.8. The van der Waals surface area contributed by atoms with Crippen LogP contribution in [0.4, 0.5) is 0 Å². The second kappa shape index (κ2) is 10.9. The van der Waals surface area contributed by atoms with Gasteiger partial charge in [-0.3, -0.25) is 4.79 Å². The van der Waals surface area contributed by atoms with Crippen LogP contribution in [0.25, 0.3) is 10.8 Å². The van der Waals surface area contributed by atoms with Gasteiger partial charge in [-0.25, -0.2) is 0 Å². The number of carbonyl (C=O) groups is 1. The van der Waals surface area contributed by atoms with Crippen LogP contribution in [0.5, 0.6) is 5.75 Å². The van der Waals surface area contributed by atoms with E-state index in [1.54, 1.807) is 19.0 Å². The molecule has 0 bridgehead atoms. The minimum Gasteiger partial charge on any atom is -0.491 e. The van der Waals surface area contributed by atoms with E-state index in [1.165, 1.54) is 0 Å². The molecule has 3 aromatic rings. The van der Waals surface area contributed by atoms with E-state index in [2.05, 4.69) is 0 Å². The van der Waals surface area contributed by atoms with Gasteiger partial charge in [-0.2, -0.15) is 0 Å². The van der Waals surface area contributed by atoms with Crippen molar-refractivity contribution in [3.63, 3.8) is 0 Å². The maximum absolute atomic E-state index is 11.6.